The van der Waals surface area contributed by atoms with Gasteiger partial charge in [0.2, 0.25) is 0 Å². The first-order valence-electron chi connectivity index (χ1n) is 7.57. The van der Waals surface area contributed by atoms with Gasteiger partial charge in [-0.05, 0) is 43.8 Å². The molecule has 1 aromatic heterocycles. The number of nitrogens with one attached hydrogen (secondary N) is 1. The van der Waals surface area contributed by atoms with Crippen molar-refractivity contribution in [1.29, 1.82) is 0 Å². The van der Waals surface area contributed by atoms with E-state index in [0.29, 0.717) is 6.04 Å². The van der Waals surface area contributed by atoms with Gasteiger partial charge >= 0.3 is 0 Å². The minimum atomic E-state index is 0.338. The van der Waals surface area contributed by atoms with Gasteiger partial charge in [-0.15, -0.1) is 0 Å². The second-order valence-electron chi connectivity index (χ2n) is 5.45. The van der Waals surface area contributed by atoms with Crippen molar-refractivity contribution in [3.05, 3.63) is 65.5 Å². The van der Waals surface area contributed by atoms with Crippen molar-refractivity contribution in [3.8, 4) is 0 Å². The van der Waals surface area contributed by atoms with Crippen LogP contribution in [0.4, 0.5) is 0 Å². The first kappa shape index (κ1) is 15.7. The Hall–Kier alpha value is -1.71. The van der Waals surface area contributed by atoms with Crippen molar-refractivity contribution in [2.24, 2.45) is 0 Å². The molecule has 0 fully saturated rings. The number of rotatable bonds is 7. The third-order valence-electron chi connectivity index (χ3n) is 3.79. The smallest absolute Gasteiger partial charge is 0.0543 e. The predicted octanol–water partition coefficient (Wildman–Crippen LogP) is 3.04. The van der Waals surface area contributed by atoms with Gasteiger partial charge in [-0.1, -0.05) is 37.3 Å². The molecule has 0 spiro atoms. The van der Waals surface area contributed by atoms with Crippen LogP contribution in [0.5, 0.6) is 0 Å². The highest BCUT2D eigenvalue weighted by atomic mass is 15.1. The van der Waals surface area contributed by atoms with Crippen LogP contribution < -0.4 is 5.32 Å². The lowest BCUT2D eigenvalue weighted by Gasteiger charge is -2.24. The molecule has 0 amide bonds. The number of hydrogen-bond donors (Lipinski definition) is 1. The maximum atomic E-state index is 4.39. The monoisotopic (exact) mass is 283 g/mol. The lowest BCUT2D eigenvalue weighted by molar-refractivity contribution is 0.286. The predicted molar refractivity (Wildman–Crippen MR) is 88.2 cm³/mol. The van der Waals surface area contributed by atoms with Crippen LogP contribution in [0, 0.1) is 0 Å². The second-order valence-corrected chi connectivity index (χ2v) is 5.45. The summed E-state index contributed by atoms with van der Waals surface area (Å²) >= 11 is 0. The highest BCUT2D eigenvalue weighted by Gasteiger charge is 2.12. The van der Waals surface area contributed by atoms with Crippen LogP contribution in [0.25, 0.3) is 0 Å². The molecule has 1 aromatic carbocycles. The van der Waals surface area contributed by atoms with Gasteiger partial charge in [0.1, 0.15) is 0 Å². The van der Waals surface area contributed by atoms with E-state index >= 15 is 0 Å². The molecular weight excluding hydrogens is 258 g/mol. The molecule has 3 nitrogen and oxygen atoms in total. The molecule has 1 atom stereocenters. The van der Waals surface area contributed by atoms with E-state index in [1.807, 2.05) is 25.4 Å². The zero-order chi connectivity index (χ0) is 15.1. The van der Waals surface area contributed by atoms with E-state index < -0.39 is 0 Å². The van der Waals surface area contributed by atoms with E-state index in [1.54, 1.807) is 0 Å². The lowest BCUT2D eigenvalue weighted by Crippen LogP contribution is -2.31. The minimum absolute atomic E-state index is 0.338. The Balaban J connectivity index is 1.97. The second kappa shape index (κ2) is 7.91. The summed E-state index contributed by atoms with van der Waals surface area (Å²) in [6.07, 6.45) is 2.94. The van der Waals surface area contributed by atoms with Crippen LogP contribution in [0.3, 0.4) is 0 Å². The fraction of sp³-hybridized carbons (Fsp3) is 0.389. The van der Waals surface area contributed by atoms with Gasteiger partial charge in [0.05, 0.1) is 5.69 Å². The summed E-state index contributed by atoms with van der Waals surface area (Å²) in [4.78, 5) is 6.69. The van der Waals surface area contributed by atoms with Crippen molar-refractivity contribution >= 4 is 0 Å². The molecule has 0 bridgehead atoms. The Labute approximate surface area is 128 Å². The zero-order valence-corrected chi connectivity index (χ0v) is 13.2. The number of hydrogen-bond acceptors (Lipinski definition) is 3. The molecule has 2 rings (SSSR count). The number of aryl methyl sites for hydroxylation is 1. The highest BCUT2D eigenvalue weighted by molar-refractivity contribution is 5.25. The summed E-state index contributed by atoms with van der Waals surface area (Å²) in [6, 6.07) is 15.3. The fourth-order valence-corrected chi connectivity index (χ4v) is 2.49. The first-order chi connectivity index (χ1) is 10.2. The van der Waals surface area contributed by atoms with Crippen LogP contribution in [-0.4, -0.2) is 30.5 Å². The first-order valence-corrected chi connectivity index (χ1v) is 7.57. The average molecular weight is 283 g/mol. The average Bonchev–Trinajstić information content (AvgIpc) is 2.53. The molecule has 0 aliphatic carbocycles. The minimum Gasteiger partial charge on any atom is -0.312 e. The van der Waals surface area contributed by atoms with Gasteiger partial charge in [0.15, 0.2) is 0 Å². The van der Waals surface area contributed by atoms with Crippen molar-refractivity contribution in [2.75, 3.05) is 20.6 Å². The van der Waals surface area contributed by atoms with E-state index in [9.17, 15) is 0 Å². The van der Waals surface area contributed by atoms with Crippen LogP contribution in [-0.2, 0) is 13.0 Å². The van der Waals surface area contributed by atoms with Crippen molar-refractivity contribution < 1.29 is 0 Å². The number of aromatic nitrogens is 1. The summed E-state index contributed by atoms with van der Waals surface area (Å²) in [6.45, 7) is 4.01. The van der Waals surface area contributed by atoms with Gasteiger partial charge in [-0.2, -0.15) is 0 Å². The van der Waals surface area contributed by atoms with Gasteiger partial charge in [0, 0.05) is 25.3 Å². The van der Waals surface area contributed by atoms with Crippen LogP contribution >= 0.6 is 0 Å². The quantitative estimate of drug-likeness (QED) is 0.846. The summed E-state index contributed by atoms with van der Waals surface area (Å²) < 4.78 is 0. The van der Waals surface area contributed by atoms with Crippen molar-refractivity contribution in [3.63, 3.8) is 0 Å². The fourth-order valence-electron chi connectivity index (χ4n) is 2.49. The molecule has 0 saturated heterocycles. The molecule has 0 aliphatic heterocycles. The van der Waals surface area contributed by atoms with Gasteiger partial charge < -0.3 is 5.32 Å². The van der Waals surface area contributed by atoms with Crippen molar-refractivity contribution in [2.45, 2.75) is 25.9 Å². The van der Waals surface area contributed by atoms with Crippen LogP contribution in [0.15, 0.2) is 48.7 Å². The van der Waals surface area contributed by atoms with E-state index in [0.717, 1.165) is 25.2 Å². The maximum absolute atomic E-state index is 4.39. The molecule has 1 unspecified atom stereocenters. The van der Waals surface area contributed by atoms with E-state index in [1.165, 1.54) is 11.1 Å². The Bertz CT molecular complexity index is 522. The highest BCUT2D eigenvalue weighted by Crippen LogP contribution is 2.16. The Kier molecular flexibility index (Phi) is 5.90. The summed E-state index contributed by atoms with van der Waals surface area (Å²) in [5.74, 6) is 0. The van der Waals surface area contributed by atoms with Gasteiger partial charge in [-0.25, -0.2) is 0 Å². The van der Waals surface area contributed by atoms with Crippen LogP contribution in [0.2, 0.25) is 0 Å². The number of nitrogens with zero attached hydrogens (tertiary/aromatic N) is 2. The topological polar surface area (TPSA) is 28.2 Å². The van der Waals surface area contributed by atoms with Crippen LogP contribution in [0.1, 0.15) is 29.8 Å². The lowest BCUT2D eigenvalue weighted by atomic mass is 10.0. The molecule has 21 heavy (non-hydrogen) atoms. The summed E-state index contributed by atoms with van der Waals surface area (Å²) in [5, 5.41) is 3.41. The van der Waals surface area contributed by atoms with Gasteiger partial charge in [0.25, 0.3) is 0 Å². The van der Waals surface area contributed by atoms with Gasteiger partial charge in [-0.3, -0.25) is 9.88 Å². The summed E-state index contributed by atoms with van der Waals surface area (Å²) in [7, 11) is 4.16. The molecule has 0 saturated carbocycles. The van der Waals surface area contributed by atoms with Crippen molar-refractivity contribution in [1.82, 2.24) is 15.2 Å². The summed E-state index contributed by atoms with van der Waals surface area (Å²) in [5.41, 5.74) is 3.83. The van der Waals surface area contributed by atoms with E-state index in [-0.39, 0.29) is 0 Å². The molecule has 1 N–H and O–H groups in total. The molecule has 1 heterocycles. The Morgan fingerprint density at radius 2 is 1.90 bits per heavy atom. The van der Waals surface area contributed by atoms with E-state index in [4.69, 9.17) is 0 Å². The molecular formula is C18H25N3. The number of likely N-dealkylation sites (N-methyl/N-ethyl adjacent to an activating group) is 2. The molecule has 0 aliphatic rings. The molecule has 2 aromatic rings. The zero-order valence-electron chi connectivity index (χ0n) is 13.2. The molecule has 0 radical (unpaired) electrons. The number of pyridine rings is 1. The number of benzene rings is 1. The Morgan fingerprint density at radius 3 is 2.48 bits per heavy atom. The SMILES string of the molecule is CCc1ccc(C(CN(C)Cc2ccccn2)NC)cc1. The Morgan fingerprint density at radius 1 is 1.14 bits per heavy atom. The largest absolute Gasteiger partial charge is 0.312 e. The third kappa shape index (κ3) is 4.66. The standard InChI is InChI=1S/C18H25N3/c1-4-15-8-10-16(11-9-15)18(19-2)14-21(3)13-17-7-5-6-12-20-17/h5-12,18-19H,4,13-14H2,1-3H3. The third-order valence-corrected chi connectivity index (χ3v) is 3.79. The molecule has 112 valence electrons. The normalized spacial score (nSPS) is 12.6. The maximum Gasteiger partial charge on any atom is 0.0543 e. The molecule has 3 heteroatoms. The van der Waals surface area contributed by atoms with E-state index in [2.05, 4.69) is 59.5 Å².